The topological polar surface area (TPSA) is 99.5 Å². The number of halogens is 2. The molecule has 180 valence electrons. The SMILES string of the molecule is Cc1ccc(N2C(=O)NC(=O)/C(=C\c3cc(Br)c(OCc4ccccc4C#N)c(Br)c3)C2=O)cc1C. The molecule has 7 nitrogen and oxygen atoms in total. The number of hydrogen-bond acceptors (Lipinski definition) is 5. The first-order chi connectivity index (χ1) is 17.2. The van der Waals surface area contributed by atoms with Gasteiger partial charge in [-0.1, -0.05) is 24.3 Å². The molecule has 1 fully saturated rings. The summed E-state index contributed by atoms with van der Waals surface area (Å²) in [4.78, 5) is 39.2. The van der Waals surface area contributed by atoms with Crippen molar-refractivity contribution in [1.29, 1.82) is 5.26 Å². The Morgan fingerprint density at radius 1 is 1.00 bits per heavy atom. The van der Waals surface area contributed by atoms with Crippen molar-refractivity contribution in [3.05, 3.63) is 96.9 Å². The molecule has 1 heterocycles. The number of ether oxygens (including phenoxy) is 1. The van der Waals surface area contributed by atoms with Crippen LogP contribution in [0, 0.1) is 25.2 Å². The van der Waals surface area contributed by atoms with Crippen molar-refractivity contribution in [2.24, 2.45) is 0 Å². The second kappa shape index (κ2) is 10.5. The van der Waals surface area contributed by atoms with Crippen LogP contribution in [0.15, 0.2) is 69.1 Å². The van der Waals surface area contributed by atoms with Crippen molar-refractivity contribution in [3.8, 4) is 11.8 Å². The van der Waals surface area contributed by atoms with Gasteiger partial charge in [0.15, 0.2) is 0 Å². The first-order valence-corrected chi connectivity index (χ1v) is 12.4. The van der Waals surface area contributed by atoms with Crippen molar-refractivity contribution in [1.82, 2.24) is 5.32 Å². The third kappa shape index (κ3) is 5.10. The molecule has 0 bridgehead atoms. The molecule has 3 aromatic rings. The van der Waals surface area contributed by atoms with Gasteiger partial charge in [-0.25, -0.2) is 9.69 Å². The van der Waals surface area contributed by atoms with E-state index in [-0.39, 0.29) is 12.2 Å². The second-order valence-corrected chi connectivity index (χ2v) is 9.81. The standard InChI is InChI=1S/C27H19Br2N3O4/c1-15-7-8-20(9-16(15)2)32-26(34)21(25(33)31-27(32)35)10-17-11-22(28)24(23(29)12-17)36-14-19-6-4-3-5-18(19)13-30/h3-12H,14H2,1-2H3,(H,31,33,35)/b21-10+. The summed E-state index contributed by atoms with van der Waals surface area (Å²) in [6.45, 7) is 3.98. The summed E-state index contributed by atoms with van der Waals surface area (Å²) in [5, 5.41) is 11.5. The van der Waals surface area contributed by atoms with Crippen LogP contribution in [-0.4, -0.2) is 17.8 Å². The summed E-state index contributed by atoms with van der Waals surface area (Å²) >= 11 is 6.95. The molecule has 0 atom stereocenters. The van der Waals surface area contributed by atoms with E-state index in [1.54, 1.807) is 36.4 Å². The second-order valence-electron chi connectivity index (χ2n) is 8.10. The summed E-state index contributed by atoms with van der Waals surface area (Å²) < 4.78 is 7.07. The van der Waals surface area contributed by atoms with Gasteiger partial charge in [0.25, 0.3) is 11.8 Å². The van der Waals surface area contributed by atoms with Crippen LogP contribution in [0.2, 0.25) is 0 Å². The molecule has 3 aromatic carbocycles. The number of nitrogens with one attached hydrogen (secondary N) is 1. The molecule has 36 heavy (non-hydrogen) atoms. The fraction of sp³-hybridized carbons (Fsp3) is 0.111. The molecule has 0 aliphatic carbocycles. The number of nitriles is 1. The van der Waals surface area contributed by atoms with E-state index in [4.69, 9.17) is 4.74 Å². The van der Waals surface area contributed by atoms with Gasteiger partial charge in [-0.3, -0.25) is 14.9 Å². The number of nitrogens with zero attached hydrogens (tertiary/aromatic N) is 2. The highest BCUT2D eigenvalue weighted by Crippen LogP contribution is 2.36. The fourth-order valence-electron chi connectivity index (χ4n) is 3.63. The highest BCUT2D eigenvalue weighted by molar-refractivity contribution is 9.11. The number of imide groups is 2. The number of aryl methyl sites for hydroxylation is 2. The van der Waals surface area contributed by atoms with Crippen LogP contribution in [0.4, 0.5) is 10.5 Å². The quantitative estimate of drug-likeness (QED) is 0.285. The zero-order valence-corrected chi connectivity index (χ0v) is 22.4. The summed E-state index contributed by atoms with van der Waals surface area (Å²) in [7, 11) is 0. The Kier molecular flexibility index (Phi) is 7.38. The van der Waals surface area contributed by atoms with Crippen molar-refractivity contribution in [2.75, 3.05) is 4.90 Å². The Labute approximate surface area is 224 Å². The number of urea groups is 1. The van der Waals surface area contributed by atoms with Gasteiger partial charge in [0.05, 0.1) is 26.3 Å². The third-order valence-corrected chi connectivity index (χ3v) is 6.87. The summed E-state index contributed by atoms with van der Waals surface area (Å²) in [5.41, 5.74) is 3.93. The smallest absolute Gasteiger partial charge is 0.335 e. The first kappa shape index (κ1) is 25.4. The van der Waals surface area contributed by atoms with E-state index < -0.39 is 17.8 Å². The van der Waals surface area contributed by atoms with Crippen LogP contribution in [0.5, 0.6) is 5.75 Å². The van der Waals surface area contributed by atoms with Gasteiger partial charge in [-0.05, 0) is 98.8 Å². The van der Waals surface area contributed by atoms with Crippen molar-refractivity contribution in [3.63, 3.8) is 0 Å². The third-order valence-electron chi connectivity index (χ3n) is 5.69. The number of benzene rings is 3. The Bertz CT molecular complexity index is 1470. The molecule has 4 amide bonds. The van der Waals surface area contributed by atoms with Gasteiger partial charge in [0.2, 0.25) is 0 Å². The molecule has 1 N–H and O–H groups in total. The lowest BCUT2D eigenvalue weighted by Crippen LogP contribution is -2.54. The maximum absolute atomic E-state index is 13.2. The number of barbiturate groups is 1. The summed E-state index contributed by atoms with van der Waals surface area (Å²) in [6.07, 6.45) is 1.42. The van der Waals surface area contributed by atoms with E-state index in [0.717, 1.165) is 21.6 Å². The lowest BCUT2D eigenvalue weighted by Gasteiger charge is -2.27. The zero-order chi connectivity index (χ0) is 26.0. The van der Waals surface area contributed by atoms with E-state index in [1.165, 1.54) is 6.08 Å². The van der Waals surface area contributed by atoms with Crippen LogP contribution in [0.3, 0.4) is 0 Å². The van der Waals surface area contributed by atoms with E-state index in [2.05, 4.69) is 43.2 Å². The molecule has 0 saturated carbocycles. The molecular formula is C27H19Br2N3O4. The van der Waals surface area contributed by atoms with E-state index in [0.29, 0.717) is 31.5 Å². The van der Waals surface area contributed by atoms with Gasteiger partial charge >= 0.3 is 6.03 Å². The lowest BCUT2D eigenvalue weighted by atomic mass is 10.0. The van der Waals surface area contributed by atoms with Crippen molar-refractivity contribution in [2.45, 2.75) is 20.5 Å². The predicted molar refractivity (Wildman–Crippen MR) is 142 cm³/mol. The molecule has 0 spiro atoms. The van der Waals surface area contributed by atoms with Crippen molar-refractivity contribution >= 4 is 61.5 Å². The van der Waals surface area contributed by atoms with Gasteiger partial charge in [0.1, 0.15) is 17.9 Å². The minimum absolute atomic E-state index is 0.176. The minimum atomic E-state index is -0.797. The molecule has 1 saturated heterocycles. The highest BCUT2D eigenvalue weighted by Gasteiger charge is 2.37. The molecule has 9 heteroatoms. The molecule has 0 unspecified atom stereocenters. The minimum Gasteiger partial charge on any atom is -0.486 e. The normalized spacial score (nSPS) is 14.6. The molecule has 0 aromatic heterocycles. The fourth-order valence-corrected chi connectivity index (χ4v) is 5.08. The maximum Gasteiger partial charge on any atom is 0.335 e. The molecule has 4 rings (SSSR count). The zero-order valence-electron chi connectivity index (χ0n) is 19.3. The molecule has 1 aliphatic rings. The number of anilines is 1. The monoisotopic (exact) mass is 607 g/mol. The van der Waals surface area contributed by atoms with Crippen LogP contribution < -0.4 is 15.0 Å². The molecule has 1 aliphatic heterocycles. The Balaban J connectivity index is 1.62. The summed E-state index contributed by atoms with van der Waals surface area (Å²) in [6, 6.07) is 17.1. The molecular weight excluding hydrogens is 590 g/mol. The van der Waals surface area contributed by atoms with Crippen molar-refractivity contribution < 1.29 is 19.1 Å². The number of carbonyl (C=O) groups is 3. The lowest BCUT2D eigenvalue weighted by molar-refractivity contribution is -0.122. The number of amides is 4. The maximum atomic E-state index is 13.2. The summed E-state index contributed by atoms with van der Waals surface area (Å²) in [5.74, 6) is -0.991. The van der Waals surface area contributed by atoms with Gasteiger partial charge in [-0.2, -0.15) is 5.26 Å². The average molecular weight is 609 g/mol. The molecule has 0 radical (unpaired) electrons. The highest BCUT2D eigenvalue weighted by atomic mass is 79.9. The van der Waals surface area contributed by atoms with Gasteiger partial charge < -0.3 is 4.74 Å². The number of rotatable bonds is 5. The van der Waals surface area contributed by atoms with E-state index in [1.807, 2.05) is 32.0 Å². The van der Waals surface area contributed by atoms with Crippen LogP contribution in [0.1, 0.15) is 27.8 Å². The van der Waals surface area contributed by atoms with Gasteiger partial charge in [0, 0.05) is 5.56 Å². The number of carbonyl (C=O) groups excluding carboxylic acids is 3. The van der Waals surface area contributed by atoms with Gasteiger partial charge in [-0.15, -0.1) is 0 Å². The number of hydrogen-bond donors (Lipinski definition) is 1. The van der Waals surface area contributed by atoms with E-state index >= 15 is 0 Å². The van der Waals surface area contributed by atoms with Crippen LogP contribution >= 0.6 is 31.9 Å². The predicted octanol–water partition coefficient (Wildman–Crippen LogP) is 5.95. The first-order valence-electron chi connectivity index (χ1n) is 10.8. The van der Waals surface area contributed by atoms with E-state index in [9.17, 15) is 19.6 Å². The van der Waals surface area contributed by atoms with Crippen LogP contribution in [-0.2, 0) is 16.2 Å². The Morgan fingerprint density at radius 3 is 2.36 bits per heavy atom. The Morgan fingerprint density at radius 2 is 1.69 bits per heavy atom. The largest absolute Gasteiger partial charge is 0.486 e. The average Bonchev–Trinajstić information content (AvgIpc) is 2.83. The Hall–Kier alpha value is -3.74. The van der Waals surface area contributed by atoms with Crippen LogP contribution in [0.25, 0.3) is 6.08 Å².